The Morgan fingerprint density at radius 1 is 1.22 bits per heavy atom. The molecule has 9 heteroatoms. The average molecular weight is 437 g/mol. The number of ether oxygens (including phenoxy) is 1. The normalized spacial score (nSPS) is 20.7. The number of aryl methyl sites for hydroxylation is 1. The van der Waals surface area contributed by atoms with Gasteiger partial charge in [0.15, 0.2) is 5.65 Å². The van der Waals surface area contributed by atoms with Crippen LogP contribution in [0.4, 0.5) is 0 Å². The van der Waals surface area contributed by atoms with Gasteiger partial charge < -0.3 is 14.7 Å². The van der Waals surface area contributed by atoms with E-state index >= 15 is 0 Å². The van der Waals surface area contributed by atoms with Gasteiger partial charge in [-0.2, -0.15) is 5.10 Å². The summed E-state index contributed by atoms with van der Waals surface area (Å²) in [5.41, 5.74) is 4.34. The van der Waals surface area contributed by atoms with E-state index in [1.165, 1.54) is 0 Å². The number of piperidine rings is 1. The Balaban J connectivity index is 1.39. The molecule has 0 aromatic carbocycles. The molecule has 1 N–H and O–H groups in total. The highest BCUT2D eigenvalue weighted by atomic mass is 16.5. The summed E-state index contributed by atoms with van der Waals surface area (Å²) in [6, 6.07) is 5.48. The van der Waals surface area contributed by atoms with Crippen molar-refractivity contribution in [1.82, 2.24) is 29.4 Å². The minimum atomic E-state index is -0.285. The molecule has 2 aliphatic rings. The van der Waals surface area contributed by atoms with Crippen LogP contribution in [0.3, 0.4) is 0 Å². The fraction of sp³-hybridized carbons (Fsp3) is 0.478. The number of carbonyl (C=O) groups excluding carboxylic acids is 1. The SMILES string of the molecule is Cc1nn2c([C@H]3CN(C(=O)c4cccnc4)CCO3)ccnc2c1CN1CCC(O)CC1. The molecule has 0 spiro atoms. The number of nitrogens with zero attached hydrogens (tertiary/aromatic N) is 6. The molecule has 5 rings (SSSR count). The van der Waals surface area contributed by atoms with Crippen molar-refractivity contribution in [2.45, 2.75) is 38.5 Å². The largest absolute Gasteiger partial charge is 0.393 e. The summed E-state index contributed by atoms with van der Waals surface area (Å²) in [6.07, 6.45) is 6.17. The molecule has 2 aliphatic heterocycles. The van der Waals surface area contributed by atoms with E-state index in [1.807, 2.05) is 22.4 Å². The molecule has 3 aromatic heterocycles. The molecule has 5 heterocycles. The number of hydrogen-bond donors (Lipinski definition) is 1. The molecule has 2 saturated heterocycles. The van der Waals surface area contributed by atoms with Crippen molar-refractivity contribution in [3.63, 3.8) is 0 Å². The van der Waals surface area contributed by atoms with E-state index in [2.05, 4.69) is 14.9 Å². The first kappa shape index (κ1) is 21.0. The predicted molar refractivity (Wildman–Crippen MR) is 117 cm³/mol. The minimum absolute atomic E-state index is 0.0404. The van der Waals surface area contributed by atoms with Gasteiger partial charge in [0.2, 0.25) is 0 Å². The van der Waals surface area contributed by atoms with Crippen LogP contribution in [0.5, 0.6) is 0 Å². The molecule has 9 nitrogen and oxygen atoms in total. The maximum Gasteiger partial charge on any atom is 0.255 e. The van der Waals surface area contributed by atoms with Crippen molar-refractivity contribution in [3.05, 3.63) is 59.3 Å². The van der Waals surface area contributed by atoms with E-state index in [-0.39, 0.29) is 18.1 Å². The molecule has 32 heavy (non-hydrogen) atoms. The van der Waals surface area contributed by atoms with Gasteiger partial charge >= 0.3 is 0 Å². The second-order valence-electron chi connectivity index (χ2n) is 8.53. The molecule has 3 aromatic rings. The molecule has 2 fully saturated rings. The molecule has 1 atom stereocenters. The number of hydrogen-bond acceptors (Lipinski definition) is 7. The fourth-order valence-electron chi connectivity index (χ4n) is 4.53. The Hall–Kier alpha value is -2.88. The Morgan fingerprint density at radius 2 is 2.06 bits per heavy atom. The molecular formula is C23H28N6O3. The van der Waals surface area contributed by atoms with Crippen molar-refractivity contribution in [1.29, 1.82) is 0 Å². The molecule has 1 amide bonds. The molecular weight excluding hydrogens is 408 g/mol. The molecule has 0 radical (unpaired) electrons. The molecule has 0 bridgehead atoms. The third kappa shape index (κ3) is 4.11. The number of likely N-dealkylation sites (tertiary alicyclic amines) is 1. The zero-order valence-electron chi connectivity index (χ0n) is 18.2. The standard InChI is InChI=1S/C23H28N6O3/c1-16-19(14-27-9-5-18(30)6-10-27)22-25-8-4-20(29(22)26-16)21-15-28(11-12-32-21)23(31)17-3-2-7-24-13-17/h2-4,7-8,13,18,21,30H,5-6,9-12,14-15H2,1H3/t21-/m1/s1. The Bertz CT molecular complexity index is 1090. The lowest BCUT2D eigenvalue weighted by atomic mass is 10.1. The van der Waals surface area contributed by atoms with Crippen LogP contribution in [0.25, 0.3) is 5.65 Å². The van der Waals surface area contributed by atoms with Gasteiger partial charge in [-0.15, -0.1) is 0 Å². The summed E-state index contributed by atoms with van der Waals surface area (Å²) in [6.45, 7) is 5.96. The first-order chi connectivity index (χ1) is 15.6. The van der Waals surface area contributed by atoms with Crippen molar-refractivity contribution in [2.75, 3.05) is 32.8 Å². The number of carbonyl (C=O) groups is 1. The van der Waals surface area contributed by atoms with Gasteiger partial charge in [0.25, 0.3) is 5.91 Å². The van der Waals surface area contributed by atoms with E-state index < -0.39 is 0 Å². The third-order valence-corrected chi connectivity index (χ3v) is 6.37. The number of aromatic nitrogens is 4. The van der Waals surface area contributed by atoms with Crippen LogP contribution in [0.15, 0.2) is 36.8 Å². The molecule has 0 aliphatic carbocycles. The third-order valence-electron chi connectivity index (χ3n) is 6.37. The number of aliphatic hydroxyl groups excluding tert-OH is 1. The van der Waals surface area contributed by atoms with Gasteiger partial charge in [0, 0.05) is 50.3 Å². The van der Waals surface area contributed by atoms with Crippen LogP contribution in [-0.2, 0) is 11.3 Å². The van der Waals surface area contributed by atoms with Crippen molar-refractivity contribution in [2.24, 2.45) is 0 Å². The summed E-state index contributed by atoms with van der Waals surface area (Å²) >= 11 is 0. The zero-order chi connectivity index (χ0) is 22.1. The van der Waals surface area contributed by atoms with E-state index in [1.54, 1.807) is 30.7 Å². The van der Waals surface area contributed by atoms with Crippen molar-refractivity contribution >= 4 is 11.6 Å². The number of morpholine rings is 1. The summed E-state index contributed by atoms with van der Waals surface area (Å²) in [5, 5.41) is 14.6. The quantitative estimate of drug-likeness (QED) is 0.664. The minimum Gasteiger partial charge on any atom is -0.393 e. The molecule has 0 unspecified atom stereocenters. The van der Waals surface area contributed by atoms with E-state index in [4.69, 9.17) is 9.84 Å². The Kier molecular flexibility index (Phi) is 5.86. The number of amides is 1. The first-order valence-electron chi connectivity index (χ1n) is 11.1. The summed E-state index contributed by atoms with van der Waals surface area (Å²) in [4.78, 5) is 25.8. The lowest BCUT2D eigenvalue weighted by molar-refractivity contribution is -0.0257. The van der Waals surface area contributed by atoms with Crippen molar-refractivity contribution < 1.29 is 14.6 Å². The highest BCUT2D eigenvalue weighted by Gasteiger charge is 2.29. The van der Waals surface area contributed by atoms with E-state index in [0.29, 0.717) is 25.3 Å². The van der Waals surface area contributed by atoms with Gasteiger partial charge in [0.1, 0.15) is 6.10 Å². The van der Waals surface area contributed by atoms with Crippen LogP contribution in [0.2, 0.25) is 0 Å². The lowest BCUT2D eigenvalue weighted by Gasteiger charge is -2.33. The summed E-state index contributed by atoms with van der Waals surface area (Å²) in [5.74, 6) is -0.0404. The zero-order valence-corrected chi connectivity index (χ0v) is 18.2. The number of pyridine rings is 1. The smallest absolute Gasteiger partial charge is 0.255 e. The average Bonchev–Trinajstić information content (AvgIpc) is 3.15. The van der Waals surface area contributed by atoms with Crippen LogP contribution >= 0.6 is 0 Å². The van der Waals surface area contributed by atoms with Crippen LogP contribution in [0.1, 0.15) is 46.3 Å². The Labute approximate surface area is 186 Å². The first-order valence-corrected chi connectivity index (χ1v) is 11.1. The topological polar surface area (TPSA) is 96.1 Å². The second-order valence-corrected chi connectivity index (χ2v) is 8.53. The summed E-state index contributed by atoms with van der Waals surface area (Å²) < 4.78 is 7.93. The lowest BCUT2D eigenvalue weighted by Crippen LogP contribution is -2.42. The number of aliphatic hydroxyl groups is 1. The number of rotatable bonds is 4. The fourth-order valence-corrected chi connectivity index (χ4v) is 4.53. The molecule has 0 saturated carbocycles. The van der Waals surface area contributed by atoms with Gasteiger partial charge in [-0.1, -0.05) is 0 Å². The Morgan fingerprint density at radius 3 is 2.84 bits per heavy atom. The van der Waals surface area contributed by atoms with Gasteiger partial charge in [-0.05, 0) is 38.0 Å². The van der Waals surface area contributed by atoms with Gasteiger partial charge in [-0.3, -0.25) is 14.7 Å². The van der Waals surface area contributed by atoms with Crippen LogP contribution < -0.4 is 0 Å². The van der Waals surface area contributed by atoms with Crippen LogP contribution in [0, 0.1) is 6.92 Å². The second kappa shape index (κ2) is 8.93. The monoisotopic (exact) mass is 436 g/mol. The van der Waals surface area contributed by atoms with Crippen LogP contribution in [-0.4, -0.2) is 79.3 Å². The highest BCUT2D eigenvalue weighted by molar-refractivity contribution is 5.93. The van der Waals surface area contributed by atoms with E-state index in [9.17, 15) is 9.90 Å². The maximum atomic E-state index is 12.9. The maximum absolute atomic E-state index is 12.9. The molecule has 168 valence electrons. The van der Waals surface area contributed by atoms with Crippen molar-refractivity contribution in [3.8, 4) is 0 Å². The number of fused-ring (bicyclic) bond motifs is 1. The van der Waals surface area contributed by atoms with Gasteiger partial charge in [0.05, 0.1) is 36.2 Å². The predicted octanol–water partition coefficient (Wildman–Crippen LogP) is 1.60. The van der Waals surface area contributed by atoms with Gasteiger partial charge in [-0.25, -0.2) is 9.50 Å². The van der Waals surface area contributed by atoms with E-state index in [0.717, 1.165) is 55.1 Å². The highest BCUT2D eigenvalue weighted by Crippen LogP contribution is 2.26. The summed E-state index contributed by atoms with van der Waals surface area (Å²) in [7, 11) is 0.